The van der Waals surface area contributed by atoms with Crippen LogP contribution in [-0.2, 0) is 4.79 Å². The van der Waals surface area contributed by atoms with Crippen LogP contribution >= 0.6 is 0 Å². The molecule has 2 aromatic rings. The third-order valence-corrected chi connectivity index (χ3v) is 2.40. The molecule has 0 unspecified atom stereocenters. The Balaban J connectivity index is 2.60. The predicted molar refractivity (Wildman–Crippen MR) is 67.1 cm³/mol. The van der Waals surface area contributed by atoms with Gasteiger partial charge in [-0.15, -0.1) is 0 Å². The number of carbonyl (C=O) groups is 1. The lowest BCUT2D eigenvalue weighted by Crippen LogP contribution is -2.08. The number of rotatable bonds is 1. The van der Waals surface area contributed by atoms with Crippen LogP contribution in [0.5, 0.6) is 0 Å². The number of nitrogens with two attached hydrogens (primary N) is 2. The molecule has 5 N–H and O–H groups in total. The zero-order chi connectivity index (χ0) is 11.7. The van der Waals surface area contributed by atoms with Gasteiger partial charge in [-0.25, -0.2) is 0 Å². The van der Waals surface area contributed by atoms with Crippen molar-refractivity contribution in [3.05, 3.63) is 30.3 Å². The van der Waals surface area contributed by atoms with Crippen molar-refractivity contribution in [2.45, 2.75) is 6.92 Å². The Kier molecular flexibility index (Phi) is 2.40. The molecule has 0 bridgehead atoms. The summed E-state index contributed by atoms with van der Waals surface area (Å²) in [5.74, 6) is -0.138. The maximum absolute atomic E-state index is 11.0. The molecule has 0 saturated carbocycles. The summed E-state index contributed by atoms with van der Waals surface area (Å²) in [5, 5.41) is 4.54. The number of hydrogen-bond acceptors (Lipinski definition) is 3. The van der Waals surface area contributed by atoms with E-state index in [4.69, 9.17) is 11.5 Å². The fourth-order valence-electron chi connectivity index (χ4n) is 1.67. The molecule has 2 aromatic carbocycles. The van der Waals surface area contributed by atoms with Crippen LogP contribution in [0.1, 0.15) is 6.92 Å². The highest BCUT2D eigenvalue weighted by Gasteiger charge is 2.05. The van der Waals surface area contributed by atoms with Gasteiger partial charge in [0, 0.05) is 18.0 Å². The summed E-state index contributed by atoms with van der Waals surface area (Å²) < 4.78 is 0. The number of nitrogen functional groups attached to an aromatic ring is 2. The molecule has 0 aliphatic rings. The number of fused-ring (bicyclic) bond motifs is 1. The highest BCUT2D eigenvalue weighted by atomic mass is 16.1. The van der Waals surface area contributed by atoms with Crippen LogP contribution in [0.3, 0.4) is 0 Å². The molecule has 2 rings (SSSR count). The van der Waals surface area contributed by atoms with Crippen molar-refractivity contribution in [2.24, 2.45) is 0 Å². The van der Waals surface area contributed by atoms with Gasteiger partial charge in [-0.1, -0.05) is 12.1 Å². The molecule has 16 heavy (non-hydrogen) atoms. The van der Waals surface area contributed by atoms with Crippen molar-refractivity contribution in [3.63, 3.8) is 0 Å². The van der Waals surface area contributed by atoms with Crippen molar-refractivity contribution in [2.75, 3.05) is 16.8 Å². The average Bonchev–Trinajstić information content (AvgIpc) is 2.22. The second-order valence-corrected chi connectivity index (χ2v) is 3.69. The quantitative estimate of drug-likeness (QED) is 0.636. The Morgan fingerprint density at radius 2 is 1.94 bits per heavy atom. The van der Waals surface area contributed by atoms with E-state index in [1.165, 1.54) is 6.92 Å². The monoisotopic (exact) mass is 215 g/mol. The first kappa shape index (κ1) is 10.3. The third kappa shape index (κ3) is 1.77. The predicted octanol–water partition coefficient (Wildman–Crippen LogP) is 1.96. The fourth-order valence-corrected chi connectivity index (χ4v) is 1.67. The molecule has 4 nitrogen and oxygen atoms in total. The Labute approximate surface area is 93.2 Å². The van der Waals surface area contributed by atoms with Crippen LogP contribution in [0.2, 0.25) is 0 Å². The van der Waals surface area contributed by atoms with Gasteiger partial charge in [-0.05, 0) is 23.6 Å². The molecule has 0 atom stereocenters. The lowest BCUT2D eigenvalue weighted by Gasteiger charge is -2.09. The highest BCUT2D eigenvalue weighted by molar-refractivity contribution is 6.03. The van der Waals surface area contributed by atoms with Crippen LogP contribution < -0.4 is 16.8 Å². The SMILES string of the molecule is CC(=O)Nc1ccc2cc(N)ccc2c1N. The van der Waals surface area contributed by atoms with Gasteiger partial charge < -0.3 is 16.8 Å². The number of benzene rings is 2. The van der Waals surface area contributed by atoms with Crippen molar-refractivity contribution >= 4 is 33.7 Å². The van der Waals surface area contributed by atoms with Crippen molar-refractivity contribution in [1.82, 2.24) is 0 Å². The first-order valence-electron chi connectivity index (χ1n) is 4.93. The van der Waals surface area contributed by atoms with E-state index in [2.05, 4.69) is 5.32 Å². The van der Waals surface area contributed by atoms with E-state index in [1.807, 2.05) is 18.2 Å². The Morgan fingerprint density at radius 3 is 2.62 bits per heavy atom. The van der Waals surface area contributed by atoms with E-state index >= 15 is 0 Å². The molecule has 4 heteroatoms. The minimum atomic E-state index is -0.138. The average molecular weight is 215 g/mol. The molecule has 0 radical (unpaired) electrons. The summed E-state index contributed by atoms with van der Waals surface area (Å²) in [6, 6.07) is 9.15. The Hall–Kier alpha value is -2.23. The maximum Gasteiger partial charge on any atom is 0.221 e. The van der Waals surface area contributed by atoms with Gasteiger partial charge in [0.2, 0.25) is 5.91 Å². The standard InChI is InChI=1S/C12H13N3O/c1-7(16)15-11-5-2-8-6-9(13)3-4-10(8)12(11)14/h2-6H,13-14H2,1H3,(H,15,16). The van der Waals surface area contributed by atoms with E-state index in [0.29, 0.717) is 17.1 Å². The molecular formula is C12H13N3O. The molecule has 82 valence electrons. The van der Waals surface area contributed by atoms with E-state index < -0.39 is 0 Å². The molecule has 0 aliphatic heterocycles. The van der Waals surface area contributed by atoms with Gasteiger partial charge in [-0.2, -0.15) is 0 Å². The molecule has 0 aromatic heterocycles. The van der Waals surface area contributed by atoms with Crippen LogP contribution in [0, 0.1) is 0 Å². The fraction of sp³-hybridized carbons (Fsp3) is 0.0833. The van der Waals surface area contributed by atoms with Gasteiger partial charge in [-0.3, -0.25) is 4.79 Å². The van der Waals surface area contributed by atoms with Crippen molar-refractivity contribution < 1.29 is 4.79 Å². The molecule has 0 heterocycles. The van der Waals surface area contributed by atoms with Crippen LogP contribution in [0.15, 0.2) is 30.3 Å². The summed E-state index contributed by atoms with van der Waals surface area (Å²) in [6.07, 6.45) is 0. The number of anilines is 3. The van der Waals surface area contributed by atoms with Gasteiger partial charge in [0.05, 0.1) is 11.4 Å². The molecule has 0 fully saturated rings. The zero-order valence-corrected chi connectivity index (χ0v) is 8.95. The van der Waals surface area contributed by atoms with E-state index in [-0.39, 0.29) is 5.91 Å². The largest absolute Gasteiger partial charge is 0.399 e. The molecule has 0 aliphatic carbocycles. The third-order valence-electron chi connectivity index (χ3n) is 2.40. The lowest BCUT2D eigenvalue weighted by molar-refractivity contribution is -0.114. The summed E-state index contributed by atoms with van der Waals surface area (Å²) in [7, 11) is 0. The zero-order valence-electron chi connectivity index (χ0n) is 8.95. The second-order valence-electron chi connectivity index (χ2n) is 3.69. The Bertz CT molecular complexity index is 563. The summed E-state index contributed by atoms with van der Waals surface area (Å²) >= 11 is 0. The normalized spacial score (nSPS) is 10.3. The summed E-state index contributed by atoms with van der Waals surface area (Å²) in [4.78, 5) is 11.0. The van der Waals surface area contributed by atoms with Gasteiger partial charge >= 0.3 is 0 Å². The van der Waals surface area contributed by atoms with Gasteiger partial charge in [0.15, 0.2) is 0 Å². The first-order valence-corrected chi connectivity index (χ1v) is 4.93. The smallest absolute Gasteiger partial charge is 0.221 e. The minimum absolute atomic E-state index is 0.138. The van der Waals surface area contributed by atoms with Crippen LogP contribution in [0.25, 0.3) is 10.8 Å². The Morgan fingerprint density at radius 1 is 1.19 bits per heavy atom. The lowest BCUT2D eigenvalue weighted by atomic mass is 10.1. The molecule has 0 saturated heterocycles. The number of nitrogens with one attached hydrogen (secondary N) is 1. The van der Waals surface area contributed by atoms with Crippen LogP contribution in [0.4, 0.5) is 17.1 Å². The van der Waals surface area contributed by atoms with E-state index in [9.17, 15) is 4.79 Å². The number of carbonyl (C=O) groups excluding carboxylic acids is 1. The summed E-state index contributed by atoms with van der Waals surface area (Å²) in [5.41, 5.74) is 13.5. The maximum atomic E-state index is 11.0. The van der Waals surface area contributed by atoms with Crippen molar-refractivity contribution in [3.8, 4) is 0 Å². The topological polar surface area (TPSA) is 81.1 Å². The van der Waals surface area contributed by atoms with Crippen molar-refractivity contribution in [1.29, 1.82) is 0 Å². The molecule has 0 spiro atoms. The summed E-state index contributed by atoms with van der Waals surface area (Å²) in [6.45, 7) is 1.45. The highest BCUT2D eigenvalue weighted by Crippen LogP contribution is 2.29. The van der Waals surface area contributed by atoms with Gasteiger partial charge in [0.1, 0.15) is 0 Å². The van der Waals surface area contributed by atoms with Gasteiger partial charge in [0.25, 0.3) is 0 Å². The van der Waals surface area contributed by atoms with Crippen LogP contribution in [-0.4, -0.2) is 5.91 Å². The van der Waals surface area contributed by atoms with E-state index in [0.717, 1.165) is 10.8 Å². The number of hydrogen-bond donors (Lipinski definition) is 3. The van der Waals surface area contributed by atoms with E-state index in [1.54, 1.807) is 12.1 Å². The molecular weight excluding hydrogens is 202 g/mol. The number of amides is 1. The molecule has 1 amide bonds. The minimum Gasteiger partial charge on any atom is -0.399 e. The second kappa shape index (κ2) is 3.73. The first-order chi connectivity index (χ1) is 7.58.